The molecule has 2 bridgehead atoms. The third kappa shape index (κ3) is 2.62. The highest BCUT2D eigenvalue weighted by Crippen LogP contribution is 2.33. The molecule has 2 saturated heterocycles. The summed E-state index contributed by atoms with van der Waals surface area (Å²) in [7, 11) is 0. The highest BCUT2D eigenvalue weighted by Gasteiger charge is 2.34. The number of benzene rings is 1. The van der Waals surface area contributed by atoms with Crippen molar-refractivity contribution < 1.29 is 4.74 Å². The second-order valence-corrected chi connectivity index (χ2v) is 7.57. The zero-order valence-corrected chi connectivity index (χ0v) is 15.4. The van der Waals surface area contributed by atoms with Gasteiger partial charge < -0.3 is 15.0 Å². The van der Waals surface area contributed by atoms with Crippen LogP contribution in [0.1, 0.15) is 24.2 Å². The quantitative estimate of drug-likeness (QED) is 0.746. The molecule has 3 aromatic rings. The predicted molar refractivity (Wildman–Crippen MR) is 108 cm³/mol. The smallest absolute Gasteiger partial charge is 0.154 e. The van der Waals surface area contributed by atoms with Crippen molar-refractivity contribution >= 4 is 28.1 Å². The fraction of sp³-hybridized carbons (Fsp3) is 0.333. The summed E-state index contributed by atoms with van der Waals surface area (Å²) < 4.78 is 5.98. The number of aromatic nitrogens is 3. The molecule has 28 heavy (non-hydrogen) atoms. The summed E-state index contributed by atoms with van der Waals surface area (Å²) in [5.74, 6) is 1.83. The molecule has 7 nitrogen and oxygen atoms in total. The Kier molecular flexibility index (Phi) is 3.55. The number of amidine groups is 1. The molecule has 0 aliphatic carbocycles. The van der Waals surface area contributed by atoms with E-state index in [1.807, 2.05) is 6.20 Å². The van der Waals surface area contributed by atoms with Crippen molar-refractivity contribution in [2.24, 2.45) is 4.99 Å². The second-order valence-electron chi connectivity index (χ2n) is 7.57. The van der Waals surface area contributed by atoms with Gasteiger partial charge in [-0.2, -0.15) is 0 Å². The van der Waals surface area contributed by atoms with Crippen LogP contribution in [0.3, 0.4) is 0 Å². The first-order valence-electron chi connectivity index (χ1n) is 9.74. The van der Waals surface area contributed by atoms with Crippen molar-refractivity contribution in [3.05, 3.63) is 54.2 Å². The first-order valence-corrected chi connectivity index (χ1v) is 9.74. The number of hydrogen-bond acceptors (Lipinski definition) is 7. The molecule has 0 radical (unpaired) electrons. The van der Waals surface area contributed by atoms with Crippen LogP contribution in [0.5, 0.6) is 0 Å². The average molecular weight is 372 g/mol. The maximum Gasteiger partial charge on any atom is 0.154 e. The van der Waals surface area contributed by atoms with Gasteiger partial charge in [0, 0.05) is 42.8 Å². The topological polar surface area (TPSA) is 75.5 Å². The summed E-state index contributed by atoms with van der Waals surface area (Å²) in [6, 6.07) is 8.43. The van der Waals surface area contributed by atoms with Crippen molar-refractivity contribution in [2.45, 2.75) is 31.6 Å². The van der Waals surface area contributed by atoms with Crippen molar-refractivity contribution in [1.82, 2.24) is 15.0 Å². The highest BCUT2D eigenvalue weighted by molar-refractivity contribution is 6.09. The number of morpholine rings is 1. The summed E-state index contributed by atoms with van der Waals surface area (Å²) in [5.41, 5.74) is 2.74. The van der Waals surface area contributed by atoms with E-state index in [9.17, 15) is 0 Å². The molecule has 3 aliphatic heterocycles. The van der Waals surface area contributed by atoms with E-state index in [0.29, 0.717) is 18.8 Å². The Hall–Kier alpha value is -3.06. The van der Waals surface area contributed by atoms with Gasteiger partial charge >= 0.3 is 0 Å². The van der Waals surface area contributed by atoms with Crippen LogP contribution >= 0.6 is 0 Å². The molecule has 140 valence electrons. The fourth-order valence-electron chi connectivity index (χ4n) is 4.42. The number of nitrogens with zero attached hydrogens (tertiary/aromatic N) is 5. The van der Waals surface area contributed by atoms with E-state index in [4.69, 9.17) is 9.72 Å². The van der Waals surface area contributed by atoms with Gasteiger partial charge in [-0.15, -0.1) is 0 Å². The first kappa shape index (κ1) is 15.9. The molecule has 2 fully saturated rings. The molecule has 1 N–H and O–H groups in total. The number of hydrogen-bond donors (Lipinski definition) is 1. The number of fused-ring (bicyclic) bond motifs is 4. The van der Waals surface area contributed by atoms with Gasteiger partial charge in [-0.1, -0.05) is 0 Å². The van der Waals surface area contributed by atoms with E-state index >= 15 is 0 Å². The average Bonchev–Trinajstić information content (AvgIpc) is 3.30. The molecule has 2 atom stereocenters. The minimum Gasteiger partial charge on any atom is -0.371 e. The van der Waals surface area contributed by atoms with E-state index < -0.39 is 0 Å². The second kappa shape index (κ2) is 6.24. The molecule has 0 spiro atoms. The van der Waals surface area contributed by atoms with Crippen molar-refractivity contribution in [3.8, 4) is 0 Å². The number of nitrogens with one attached hydrogen (secondary N) is 1. The van der Waals surface area contributed by atoms with Gasteiger partial charge in [0.25, 0.3) is 0 Å². The molecular weight excluding hydrogens is 352 g/mol. The van der Waals surface area contributed by atoms with Crippen molar-refractivity contribution in [3.63, 3.8) is 0 Å². The standard InChI is InChI=1S/C21H20N6O/c1-4-17-13(5-6-24-21(17)27-11-15-2-3-16(12-27)28-15)9-14(1)26-20-19-18(10-25-20)22-7-8-23-19/h1,4-9,15-16H,2-3,10-12H2,(H,25,26). The maximum atomic E-state index is 5.98. The fourth-order valence-corrected chi connectivity index (χ4v) is 4.42. The van der Waals surface area contributed by atoms with Crippen LogP contribution in [0, 0.1) is 0 Å². The SMILES string of the molecule is c1cnc2c(n1)CN=C2Nc1ccc2c(N3CC4CCC(C3)O4)nccc2c1. The Morgan fingerprint density at radius 3 is 2.71 bits per heavy atom. The number of rotatable bonds is 2. The highest BCUT2D eigenvalue weighted by atomic mass is 16.5. The molecule has 2 unspecified atom stereocenters. The van der Waals surface area contributed by atoms with E-state index in [1.165, 1.54) is 5.39 Å². The number of pyridine rings is 1. The van der Waals surface area contributed by atoms with Crippen LogP contribution in [0.2, 0.25) is 0 Å². The Morgan fingerprint density at radius 2 is 1.82 bits per heavy atom. The van der Waals surface area contributed by atoms with Gasteiger partial charge in [0.1, 0.15) is 11.5 Å². The minimum absolute atomic E-state index is 0.346. The van der Waals surface area contributed by atoms with Gasteiger partial charge in [0.15, 0.2) is 5.84 Å². The van der Waals surface area contributed by atoms with Crippen LogP contribution in [0.25, 0.3) is 10.8 Å². The Balaban J connectivity index is 1.31. The van der Waals surface area contributed by atoms with Crippen molar-refractivity contribution in [2.75, 3.05) is 23.3 Å². The molecule has 6 rings (SSSR count). The van der Waals surface area contributed by atoms with Gasteiger partial charge in [-0.3, -0.25) is 9.98 Å². The van der Waals surface area contributed by atoms with Crippen LogP contribution in [0.4, 0.5) is 11.5 Å². The normalized spacial score (nSPS) is 23.0. The van der Waals surface area contributed by atoms with Crippen LogP contribution in [-0.2, 0) is 11.3 Å². The number of ether oxygens (including phenoxy) is 1. The van der Waals surface area contributed by atoms with Crippen LogP contribution in [0.15, 0.2) is 47.8 Å². The third-order valence-electron chi connectivity index (χ3n) is 5.73. The lowest BCUT2D eigenvalue weighted by Gasteiger charge is -2.33. The van der Waals surface area contributed by atoms with Gasteiger partial charge in [0.2, 0.25) is 0 Å². The molecule has 0 amide bonds. The van der Waals surface area contributed by atoms with E-state index in [1.54, 1.807) is 12.4 Å². The lowest BCUT2D eigenvalue weighted by Crippen LogP contribution is -2.43. The largest absolute Gasteiger partial charge is 0.371 e. The van der Waals surface area contributed by atoms with Gasteiger partial charge in [-0.25, -0.2) is 9.97 Å². The van der Waals surface area contributed by atoms with Crippen LogP contribution < -0.4 is 10.2 Å². The maximum absolute atomic E-state index is 5.98. The molecule has 7 heteroatoms. The van der Waals surface area contributed by atoms with Gasteiger partial charge in [0.05, 0.1) is 24.4 Å². The lowest BCUT2D eigenvalue weighted by molar-refractivity contribution is 0.0303. The Bertz CT molecular complexity index is 1090. The monoisotopic (exact) mass is 372 g/mol. The van der Waals surface area contributed by atoms with Crippen molar-refractivity contribution in [1.29, 1.82) is 0 Å². The molecule has 5 heterocycles. The Labute approximate surface area is 162 Å². The molecule has 3 aliphatic rings. The zero-order chi connectivity index (χ0) is 18.5. The molecular formula is C21H20N6O. The third-order valence-corrected chi connectivity index (χ3v) is 5.73. The summed E-state index contributed by atoms with van der Waals surface area (Å²) in [6.07, 6.45) is 8.32. The first-order chi connectivity index (χ1) is 13.8. The molecule has 0 saturated carbocycles. The summed E-state index contributed by atoms with van der Waals surface area (Å²) in [5, 5.41) is 5.73. The predicted octanol–water partition coefficient (Wildman–Crippen LogP) is 2.76. The number of aliphatic imine (C=N–C) groups is 1. The van der Waals surface area contributed by atoms with Gasteiger partial charge in [-0.05, 0) is 42.5 Å². The van der Waals surface area contributed by atoms with E-state index in [2.05, 4.69) is 49.4 Å². The summed E-state index contributed by atoms with van der Waals surface area (Å²) >= 11 is 0. The molecule has 2 aromatic heterocycles. The Morgan fingerprint density at radius 1 is 0.964 bits per heavy atom. The minimum atomic E-state index is 0.346. The number of anilines is 2. The van der Waals surface area contributed by atoms with E-state index in [-0.39, 0.29) is 0 Å². The lowest BCUT2D eigenvalue weighted by atomic mass is 10.1. The zero-order valence-electron chi connectivity index (χ0n) is 15.4. The van der Waals surface area contributed by atoms with E-state index in [0.717, 1.165) is 60.0 Å². The molecule has 1 aromatic carbocycles. The van der Waals surface area contributed by atoms with Crippen LogP contribution in [-0.4, -0.2) is 46.1 Å². The summed E-state index contributed by atoms with van der Waals surface area (Å²) in [6.45, 7) is 2.43. The summed E-state index contributed by atoms with van der Waals surface area (Å²) in [4.78, 5) is 20.4.